The van der Waals surface area contributed by atoms with Crippen molar-refractivity contribution in [3.63, 3.8) is 0 Å². The summed E-state index contributed by atoms with van der Waals surface area (Å²) in [6, 6.07) is 9.86. The minimum absolute atomic E-state index is 0.0596. The normalized spacial score (nSPS) is 10.7. The van der Waals surface area contributed by atoms with E-state index in [9.17, 15) is 19.5 Å². The van der Waals surface area contributed by atoms with Gasteiger partial charge in [0.2, 0.25) is 0 Å². The summed E-state index contributed by atoms with van der Waals surface area (Å²) in [7, 11) is 2.54. The van der Waals surface area contributed by atoms with Crippen LogP contribution in [0.2, 0.25) is 0 Å². The Morgan fingerprint density at radius 3 is 2.46 bits per heavy atom. The molecule has 0 saturated heterocycles. The fourth-order valence-electron chi connectivity index (χ4n) is 3.60. The van der Waals surface area contributed by atoms with E-state index in [0.717, 1.165) is 34.1 Å². The summed E-state index contributed by atoms with van der Waals surface area (Å²) in [5.41, 5.74) is 0.738. The summed E-state index contributed by atoms with van der Waals surface area (Å²) < 4.78 is 26.6. The van der Waals surface area contributed by atoms with Crippen LogP contribution in [0.15, 0.2) is 47.2 Å². The second kappa shape index (κ2) is 10.1. The lowest BCUT2D eigenvalue weighted by atomic mass is 10.0. The Balaban J connectivity index is 1.60. The lowest BCUT2D eigenvalue weighted by molar-refractivity contribution is 0.0586. The van der Waals surface area contributed by atoms with Gasteiger partial charge in [0.1, 0.15) is 16.2 Å². The number of urea groups is 1. The van der Waals surface area contributed by atoms with Crippen molar-refractivity contribution in [3.05, 3.63) is 74.5 Å². The highest BCUT2D eigenvalue weighted by Crippen LogP contribution is 2.34. The number of methoxy groups -OCH3 is 2. The third-order valence-electron chi connectivity index (χ3n) is 5.22. The van der Waals surface area contributed by atoms with Gasteiger partial charge in [0.25, 0.3) is 0 Å². The van der Waals surface area contributed by atoms with Gasteiger partial charge in [-0.1, -0.05) is 18.2 Å². The van der Waals surface area contributed by atoms with Gasteiger partial charge in [-0.05, 0) is 34.5 Å². The molecule has 0 atom stereocenters. The SMILES string of the molecule is COC(=O)c1c(NC(=O)Nc2ccc(OC)c(Cc3csc4ccccc34)c2F)csc1C(=O)O. The van der Waals surface area contributed by atoms with Crippen molar-refractivity contribution in [2.45, 2.75) is 6.42 Å². The zero-order valence-electron chi connectivity index (χ0n) is 18.5. The molecule has 0 aliphatic carbocycles. The van der Waals surface area contributed by atoms with E-state index in [1.807, 2.05) is 29.6 Å². The number of hydrogen-bond acceptors (Lipinski definition) is 7. The van der Waals surface area contributed by atoms with Gasteiger partial charge < -0.3 is 25.2 Å². The smallest absolute Gasteiger partial charge is 0.346 e. The minimum Gasteiger partial charge on any atom is -0.496 e. The van der Waals surface area contributed by atoms with Crippen molar-refractivity contribution in [1.82, 2.24) is 0 Å². The molecule has 2 amide bonds. The number of thiophene rings is 2. The molecule has 0 aliphatic rings. The number of amides is 2. The highest BCUT2D eigenvalue weighted by atomic mass is 32.1. The average molecular weight is 515 g/mol. The van der Waals surface area contributed by atoms with Crippen LogP contribution in [0.25, 0.3) is 10.1 Å². The first-order chi connectivity index (χ1) is 16.8. The first-order valence-corrected chi connectivity index (χ1v) is 11.9. The lowest BCUT2D eigenvalue weighted by Gasteiger charge is -2.14. The summed E-state index contributed by atoms with van der Waals surface area (Å²) in [6.07, 6.45) is 0.245. The van der Waals surface area contributed by atoms with Gasteiger partial charge in [-0.15, -0.1) is 22.7 Å². The van der Waals surface area contributed by atoms with Crippen molar-refractivity contribution < 1.29 is 33.4 Å². The van der Waals surface area contributed by atoms with Crippen LogP contribution in [0.4, 0.5) is 20.6 Å². The molecule has 4 aromatic rings. The molecule has 2 heterocycles. The molecule has 35 heavy (non-hydrogen) atoms. The molecule has 2 aromatic carbocycles. The fraction of sp³-hybridized carbons (Fsp3) is 0.125. The molecule has 4 rings (SSSR count). The second-order valence-electron chi connectivity index (χ2n) is 7.27. The van der Waals surface area contributed by atoms with Gasteiger partial charge in [-0.2, -0.15) is 0 Å². The number of halogens is 1. The predicted molar refractivity (Wildman–Crippen MR) is 133 cm³/mol. The first-order valence-electron chi connectivity index (χ1n) is 10.2. The van der Waals surface area contributed by atoms with Gasteiger partial charge in [-0.25, -0.2) is 18.8 Å². The fourth-order valence-corrected chi connectivity index (χ4v) is 5.39. The van der Waals surface area contributed by atoms with Crippen LogP contribution in [-0.2, 0) is 11.2 Å². The van der Waals surface area contributed by atoms with E-state index in [1.165, 1.54) is 18.6 Å². The highest BCUT2D eigenvalue weighted by Gasteiger charge is 2.26. The van der Waals surface area contributed by atoms with E-state index >= 15 is 4.39 Å². The standard InChI is InChI=1S/C24H19FN2O6S2/c1-32-17-8-7-15(20(25)14(17)9-12-10-34-18-6-4-3-5-13(12)18)26-24(31)27-16-11-35-21(22(28)29)19(16)23(30)33-2/h3-8,10-11H,9H2,1-2H3,(H,28,29)(H2,26,27,31). The topological polar surface area (TPSA) is 114 Å². The van der Waals surface area contributed by atoms with Crippen LogP contribution in [-0.4, -0.2) is 37.3 Å². The number of aromatic carboxylic acids is 1. The van der Waals surface area contributed by atoms with E-state index in [1.54, 1.807) is 17.4 Å². The molecule has 0 radical (unpaired) electrons. The lowest BCUT2D eigenvalue weighted by Crippen LogP contribution is -2.22. The molecule has 11 heteroatoms. The van der Waals surface area contributed by atoms with Gasteiger partial charge >= 0.3 is 18.0 Å². The van der Waals surface area contributed by atoms with Crippen molar-refractivity contribution >= 4 is 62.1 Å². The van der Waals surface area contributed by atoms with Gasteiger partial charge in [0, 0.05) is 22.1 Å². The van der Waals surface area contributed by atoms with Crippen LogP contribution < -0.4 is 15.4 Å². The molecular formula is C24H19FN2O6S2. The molecule has 0 aliphatic heterocycles. The zero-order chi connectivity index (χ0) is 25.1. The van der Waals surface area contributed by atoms with E-state index < -0.39 is 23.8 Å². The van der Waals surface area contributed by atoms with Crippen molar-refractivity contribution in [2.24, 2.45) is 0 Å². The van der Waals surface area contributed by atoms with E-state index in [0.29, 0.717) is 5.75 Å². The Labute approximate surface area is 206 Å². The molecule has 0 saturated carbocycles. The van der Waals surface area contributed by atoms with E-state index in [4.69, 9.17) is 4.74 Å². The van der Waals surface area contributed by atoms with Crippen LogP contribution in [0.5, 0.6) is 5.75 Å². The van der Waals surface area contributed by atoms with Crippen LogP contribution >= 0.6 is 22.7 Å². The molecule has 0 fully saturated rings. The number of carbonyl (C=O) groups is 3. The maximum absolute atomic E-state index is 15.5. The van der Waals surface area contributed by atoms with Crippen molar-refractivity contribution in [1.29, 1.82) is 0 Å². The number of carbonyl (C=O) groups excluding carboxylic acids is 2. The number of carboxylic acids is 1. The number of esters is 1. The van der Waals surface area contributed by atoms with Crippen LogP contribution in [0, 0.1) is 5.82 Å². The number of fused-ring (bicyclic) bond motifs is 1. The molecular weight excluding hydrogens is 495 g/mol. The highest BCUT2D eigenvalue weighted by molar-refractivity contribution is 7.17. The molecule has 0 unspecified atom stereocenters. The number of carboxylic acid groups (broad SMARTS) is 1. The summed E-state index contributed by atoms with van der Waals surface area (Å²) in [6.45, 7) is 0. The van der Waals surface area contributed by atoms with E-state index in [-0.39, 0.29) is 33.8 Å². The molecule has 0 bridgehead atoms. The monoisotopic (exact) mass is 514 g/mol. The number of nitrogens with one attached hydrogen (secondary N) is 2. The minimum atomic E-state index is -1.34. The second-order valence-corrected chi connectivity index (χ2v) is 9.06. The van der Waals surface area contributed by atoms with Crippen LogP contribution in [0.3, 0.4) is 0 Å². The number of ether oxygens (including phenoxy) is 2. The molecule has 8 nitrogen and oxygen atoms in total. The first kappa shape index (κ1) is 24.2. The molecule has 2 aromatic heterocycles. The zero-order valence-corrected chi connectivity index (χ0v) is 20.1. The van der Waals surface area contributed by atoms with Crippen molar-refractivity contribution in [3.8, 4) is 5.75 Å². The number of hydrogen-bond donors (Lipinski definition) is 3. The van der Waals surface area contributed by atoms with E-state index in [2.05, 4.69) is 15.4 Å². The van der Waals surface area contributed by atoms with Crippen LogP contribution in [0.1, 0.15) is 31.2 Å². The third kappa shape index (κ3) is 4.81. The predicted octanol–water partition coefficient (Wildman–Crippen LogP) is 5.83. The molecule has 180 valence electrons. The number of benzene rings is 2. The number of anilines is 2. The maximum atomic E-state index is 15.5. The van der Waals surface area contributed by atoms with Crippen molar-refractivity contribution in [2.75, 3.05) is 24.9 Å². The Kier molecular flexibility index (Phi) is 6.99. The summed E-state index contributed by atoms with van der Waals surface area (Å²) >= 11 is 2.31. The van der Waals surface area contributed by atoms with Gasteiger partial charge in [0.05, 0.1) is 25.6 Å². The Morgan fingerprint density at radius 2 is 1.74 bits per heavy atom. The summed E-state index contributed by atoms with van der Waals surface area (Å²) in [4.78, 5) is 35.8. The summed E-state index contributed by atoms with van der Waals surface area (Å²) in [5.74, 6) is -2.59. The van der Waals surface area contributed by atoms with Gasteiger partial charge in [0.15, 0.2) is 5.82 Å². The summed E-state index contributed by atoms with van der Waals surface area (Å²) in [5, 5.41) is 18.4. The maximum Gasteiger partial charge on any atom is 0.346 e. The molecule has 0 spiro atoms. The average Bonchev–Trinajstić information content (AvgIpc) is 3.45. The Morgan fingerprint density at radius 1 is 1.00 bits per heavy atom. The Bertz CT molecular complexity index is 1450. The quantitative estimate of drug-likeness (QED) is 0.267. The Hall–Kier alpha value is -3.96. The third-order valence-corrected chi connectivity index (χ3v) is 7.20. The van der Waals surface area contributed by atoms with Gasteiger partial charge in [-0.3, -0.25) is 0 Å². The molecule has 3 N–H and O–H groups in total. The number of rotatable bonds is 7. The largest absolute Gasteiger partial charge is 0.496 e.